The van der Waals surface area contributed by atoms with Crippen molar-refractivity contribution >= 4 is 17.9 Å². The van der Waals surface area contributed by atoms with Crippen molar-refractivity contribution in [3.05, 3.63) is 48.0 Å². The molecule has 0 spiro atoms. The highest BCUT2D eigenvalue weighted by Crippen LogP contribution is 2.30. The SMILES string of the molecule is CCOc1ccc(C(=O)OCC(=O)NC(=O)NCC2COc3ccccc3O2)cc1OC. The minimum absolute atomic E-state index is 0.124. The Morgan fingerprint density at radius 1 is 1.09 bits per heavy atom. The second-order valence-electron chi connectivity index (χ2n) is 6.63. The van der Waals surface area contributed by atoms with E-state index in [1.165, 1.54) is 19.2 Å². The lowest BCUT2D eigenvalue weighted by molar-refractivity contribution is -0.123. The number of para-hydroxylation sites is 2. The standard InChI is InChI=1S/C22H24N2O8/c1-3-29-17-9-8-14(10-19(17)28-2)21(26)31-13-20(25)24-22(27)23-11-15-12-30-16-6-4-5-7-18(16)32-15/h4-10,15H,3,11-13H2,1-2H3,(H2,23,24,25,27). The normalized spacial score (nSPS) is 14.1. The summed E-state index contributed by atoms with van der Waals surface area (Å²) in [7, 11) is 1.45. The van der Waals surface area contributed by atoms with Gasteiger partial charge in [-0.15, -0.1) is 0 Å². The molecule has 0 radical (unpaired) electrons. The Morgan fingerprint density at radius 3 is 2.62 bits per heavy atom. The largest absolute Gasteiger partial charge is 0.493 e. The van der Waals surface area contributed by atoms with Gasteiger partial charge in [-0.2, -0.15) is 0 Å². The molecule has 10 heteroatoms. The van der Waals surface area contributed by atoms with Crippen molar-refractivity contribution in [3.8, 4) is 23.0 Å². The van der Waals surface area contributed by atoms with Crippen LogP contribution in [0.5, 0.6) is 23.0 Å². The van der Waals surface area contributed by atoms with Crippen LogP contribution in [0.4, 0.5) is 4.79 Å². The molecule has 0 fully saturated rings. The Hall–Kier alpha value is -3.95. The number of carbonyl (C=O) groups is 3. The summed E-state index contributed by atoms with van der Waals surface area (Å²) in [6.45, 7) is 2.02. The van der Waals surface area contributed by atoms with Crippen LogP contribution in [0, 0.1) is 0 Å². The topological polar surface area (TPSA) is 121 Å². The first-order valence-corrected chi connectivity index (χ1v) is 9.94. The molecule has 1 aliphatic heterocycles. The fourth-order valence-electron chi connectivity index (χ4n) is 2.86. The molecule has 0 aliphatic carbocycles. The molecule has 1 heterocycles. The molecule has 1 aliphatic rings. The van der Waals surface area contributed by atoms with E-state index in [0.717, 1.165) is 0 Å². The molecule has 1 unspecified atom stereocenters. The molecule has 3 amide bonds. The second-order valence-corrected chi connectivity index (χ2v) is 6.63. The molecule has 0 bridgehead atoms. The highest BCUT2D eigenvalue weighted by atomic mass is 16.6. The van der Waals surface area contributed by atoms with Crippen molar-refractivity contribution in [2.45, 2.75) is 13.0 Å². The number of imide groups is 1. The molecule has 3 rings (SSSR count). The maximum absolute atomic E-state index is 12.2. The summed E-state index contributed by atoms with van der Waals surface area (Å²) in [5.41, 5.74) is 0.178. The summed E-state index contributed by atoms with van der Waals surface area (Å²) in [6.07, 6.45) is -0.404. The first-order valence-electron chi connectivity index (χ1n) is 9.94. The van der Waals surface area contributed by atoms with Crippen LogP contribution in [0.15, 0.2) is 42.5 Å². The molecule has 0 aromatic heterocycles. The third-order valence-electron chi connectivity index (χ3n) is 4.34. The molecule has 2 aromatic rings. The summed E-state index contributed by atoms with van der Waals surface area (Å²) < 4.78 is 26.8. The Morgan fingerprint density at radius 2 is 1.88 bits per heavy atom. The number of rotatable bonds is 8. The molecular weight excluding hydrogens is 420 g/mol. The van der Waals surface area contributed by atoms with Gasteiger partial charge < -0.3 is 29.0 Å². The maximum Gasteiger partial charge on any atom is 0.338 e. The van der Waals surface area contributed by atoms with Gasteiger partial charge >= 0.3 is 12.0 Å². The minimum atomic E-state index is -0.778. The Labute approximate surface area is 184 Å². The summed E-state index contributed by atoms with van der Waals surface area (Å²) in [5.74, 6) is 0.543. The average molecular weight is 444 g/mol. The number of carbonyl (C=O) groups excluding carboxylic acids is 3. The number of urea groups is 1. The predicted octanol–water partition coefficient (Wildman–Crippen LogP) is 1.92. The third kappa shape index (κ3) is 6.03. The molecule has 2 N–H and O–H groups in total. The zero-order valence-corrected chi connectivity index (χ0v) is 17.7. The van der Waals surface area contributed by atoms with Crippen molar-refractivity contribution in [1.82, 2.24) is 10.6 Å². The van der Waals surface area contributed by atoms with Gasteiger partial charge in [0.15, 0.2) is 35.7 Å². The zero-order valence-electron chi connectivity index (χ0n) is 17.7. The smallest absolute Gasteiger partial charge is 0.338 e. The lowest BCUT2D eigenvalue weighted by Gasteiger charge is -2.26. The van der Waals surface area contributed by atoms with E-state index in [1.807, 2.05) is 19.1 Å². The van der Waals surface area contributed by atoms with Crippen LogP contribution in [0.25, 0.3) is 0 Å². The lowest BCUT2D eigenvalue weighted by atomic mass is 10.2. The molecule has 0 saturated heterocycles. The highest BCUT2D eigenvalue weighted by molar-refractivity contribution is 5.97. The van der Waals surface area contributed by atoms with Crippen LogP contribution in [-0.4, -0.2) is 57.5 Å². The van der Waals surface area contributed by atoms with Crippen molar-refractivity contribution in [1.29, 1.82) is 0 Å². The fraction of sp³-hybridized carbons (Fsp3) is 0.318. The number of hydrogen-bond donors (Lipinski definition) is 2. The summed E-state index contributed by atoms with van der Waals surface area (Å²) >= 11 is 0. The number of hydrogen-bond acceptors (Lipinski definition) is 8. The van der Waals surface area contributed by atoms with Gasteiger partial charge in [-0.25, -0.2) is 9.59 Å². The number of fused-ring (bicyclic) bond motifs is 1. The van der Waals surface area contributed by atoms with E-state index < -0.39 is 30.6 Å². The van der Waals surface area contributed by atoms with E-state index >= 15 is 0 Å². The molecule has 0 saturated carbocycles. The number of methoxy groups -OCH3 is 1. The number of nitrogens with one attached hydrogen (secondary N) is 2. The Balaban J connectivity index is 1.41. The monoisotopic (exact) mass is 444 g/mol. The van der Waals surface area contributed by atoms with E-state index in [9.17, 15) is 14.4 Å². The molecule has 170 valence electrons. The Kier molecular flexibility index (Phi) is 7.74. The molecule has 10 nitrogen and oxygen atoms in total. The molecular formula is C22H24N2O8. The van der Waals surface area contributed by atoms with Crippen LogP contribution in [0.3, 0.4) is 0 Å². The van der Waals surface area contributed by atoms with E-state index in [1.54, 1.807) is 18.2 Å². The Bertz CT molecular complexity index is 978. The predicted molar refractivity (Wildman–Crippen MR) is 112 cm³/mol. The van der Waals surface area contributed by atoms with Crippen LogP contribution in [0.1, 0.15) is 17.3 Å². The lowest BCUT2D eigenvalue weighted by Crippen LogP contribution is -2.46. The molecule has 1 atom stereocenters. The summed E-state index contributed by atoms with van der Waals surface area (Å²) in [4.78, 5) is 36.0. The van der Waals surface area contributed by atoms with Crippen LogP contribution >= 0.6 is 0 Å². The van der Waals surface area contributed by atoms with E-state index in [-0.39, 0.29) is 18.7 Å². The number of benzene rings is 2. The van der Waals surface area contributed by atoms with Crippen molar-refractivity contribution in [2.75, 3.05) is 33.5 Å². The first-order chi connectivity index (χ1) is 15.5. The van der Waals surface area contributed by atoms with Crippen molar-refractivity contribution in [3.63, 3.8) is 0 Å². The van der Waals surface area contributed by atoms with Crippen molar-refractivity contribution < 1.29 is 38.1 Å². The highest BCUT2D eigenvalue weighted by Gasteiger charge is 2.21. The van der Waals surface area contributed by atoms with Gasteiger partial charge in [0.25, 0.3) is 5.91 Å². The van der Waals surface area contributed by atoms with Crippen LogP contribution in [0.2, 0.25) is 0 Å². The van der Waals surface area contributed by atoms with Gasteiger partial charge in [-0.1, -0.05) is 12.1 Å². The van der Waals surface area contributed by atoms with Crippen molar-refractivity contribution in [2.24, 2.45) is 0 Å². The van der Waals surface area contributed by atoms with Gasteiger partial charge in [0.2, 0.25) is 0 Å². The van der Waals surface area contributed by atoms with E-state index in [4.69, 9.17) is 23.7 Å². The zero-order chi connectivity index (χ0) is 22.9. The summed E-state index contributed by atoms with van der Waals surface area (Å²) in [6, 6.07) is 11.0. The number of esters is 1. The quantitative estimate of drug-likeness (QED) is 0.593. The molecule has 32 heavy (non-hydrogen) atoms. The second kappa shape index (κ2) is 10.9. The number of ether oxygens (including phenoxy) is 5. The van der Waals surface area contributed by atoms with Crippen LogP contribution < -0.4 is 29.6 Å². The maximum atomic E-state index is 12.2. The van der Waals surface area contributed by atoms with E-state index in [0.29, 0.717) is 29.6 Å². The van der Waals surface area contributed by atoms with Gasteiger partial charge in [-0.3, -0.25) is 10.1 Å². The van der Waals surface area contributed by atoms with Gasteiger partial charge in [0.05, 0.1) is 25.8 Å². The van der Waals surface area contributed by atoms with Gasteiger partial charge in [0.1, 0.15) is 6.61 Å². The average Bonchev–Trinajstić information content (AvgIpc) is 2.81. The van der Waals surface area contributed by atoms with Gasteiger partial charge in [-0.05, 0) is 37.3 Å². The van der Waals surface area contributed by atoms with Gasteiger partial charge in [0, 0.05) is 0 Å². The summed E-state index contributed by atoms with van der Waals surface area (Å²) in [5, 5.41) is 4.61. The minimum Gasteiger partial charge on any atom is -0.493 e. The fourth-order valence-corrected chi connectivity index (χ4v) is 2.86. The molecule has 2 aromatic carbocycles. The first kappa shape index (κ1) is 22.7. The third-order valence-corrected chi connectivity index (χ3v) is 4.34. The number of amides is 3. The van der Waals surface area contributed by atoms with E-state index in [2.05, 4.69) is 10.6 Å². The van der Waals surface area contributed by atoms with Crippen LogP contribution in [-0.2, 0) is 9.53 Å².